The highest BCUT2D eigenvalue weighted by Gasteiger charge is 2.41. The number of thiazole rings is 1. The number of fused-ring (bicyclic) bond motifs is 1. The van der Waals surface area contributed by atoms with E-state index in [-0.39, 0.29) is 35.1 Å². The maximum Gasteiger partial charge on any atom is 0.256 e. The Bertz CT molecular complexity index is 1610. The van der Waals surface area contributed by atoms with Gasteiger partial charge in [0, 0.05) is 12.6 Å². The van der Waals surface area contributed by atoms with Gasteiger partial charge in [0.05, 0.1) is 33.7 Å². The van der Waals surface area contributed by atoms with Crippen molar-refractivity contribution in [2.45, 2.75) is 69.3 Å². The van der Waals surface area contributed by atoms with Gasteiger partial charge in [-0.05, 0) is 87.9 Å². The predicted molar refractivity (Wildman–Crippen MR) is 157 cm³/mol. The topological polar surface area (TPSA) is 148 Å². The highest BCUT2D eigenvalue weighted by Crippen LogP contribution is 2.42. The summed E-state index contributed by atoms with van der Waals surface area (Å²) in [5.41, 5.74) is 2.35. The molecule has 1 unspecified atom stereocenters. The predicted octanol–water partition coefficient (Wildman–Crippen LogP) is 3.20. The van der Waals surface area contributed by atoms with Gasteiger partial charge in [0.2, 0.25) is 10.0 Å². The number of pyridine rings is 1. The van der Waals surface area contributed by atoms with Gasteiger partial charge in [0.25, 0.3) is 5.91 Å². The zero-order valence-electron chi connectivity index (χ0n) is 23.2. The highest BCUT2D eigenvalue weighted by atomic mass is 32.2. The number of carbonyl (C=O) groups excluding carboxylic acids is 1. The van der Waals surface area contributed by atoms with E-state index in [9.17, 15) is 23.4 Å². The van der Waals surface area contributed by atoms with Crippen LogP contribution in [0.2, 0.25) is 0 Å². The van der Waals surface area contributed by atoms with Gasteiger partial charge in [-0.15, -0.1) is 0 Å². The first-order valence-electron chi connectivity index (χ1n) is 13.8. The molecule has 2 fully saturated rings. The lowest BCUT2D eigenvalue weighted by Crippen LogP contribution is -2.38. The van der Waals surface area contributed by atoms with Crippen molar-refractivity contribution in [1.29, 1.82) is 0 Å². The van der Waals surface area contributed by atoms with Crippen LogP contribution < -0.4 is 14.9 Å². The first-order valence-corrected chi connectivity index (χ1v) is 16.1. The minimum absolute atomic E-state index is 0.0118. The first kappa shape index (κ1) is 28.0. The Morgan fingerprint density at radius 1 is 1.17 bits per heavy atom. The zero-order valence-corrected chi connectivity index (χ0v) is 24.8. The Labute approximate surface area is 243 Å². The Kier molecular flexibility index (Phi) is 7.27. The number of aromatic nitrogens is 2. The number of sulfonamides is 1. The van der Waals surface area contributed by atoms with Crippen LogP contribution in [0.15, 0.2) is 35.2 Å². The summed E-state index contributed by atoms with van der Waals surface area (Å²) in [7, 11) is -2.55. The van der Waals surface area contributed by atoms with Gasteiger partial charge in [-0.2, -0.15) is 0 Å². The number of amides is 1. The average molecular weight is 599 g/mol. The number of rotatable bonds is 9. The van der Waals surface area contributed by atoms with E-state index >= 15 is 0 Å². The summed E-state index contributed by atoms with van der Waals surface area (Å²) in [6.07, 6.45) is 2.71. The quantitative estimate of drug-likeness (QED) is 0.291. The van der Waals surface area contributed by atoms with Crippen molar-refractivity contribution in [2.75, 3.05) is 23.9 Å². The Morgan fingerprint density at radius 2 is 1.95 bits per heavy atom. The van der Waals surface area contributed by atoms with E-state index in [4.69, 9.17) is 0 Å². The molecule has 0 spiro atoms. The van der Waals surface area contributed by atoms with Crippen molar-refractivity contribution in [1.82, 2.24) is 19.6 Å². The average Bonchev–Trinajstić information content (AvgIpc) is 3.54. The van der Waals surface area contributed by atoms with Gasteiger partial charge in [-0.1, -0.05) is 17.4 Å². The van der Waals surface area contributed by atoms with Crippen LogP contribution in [0.5, 0.6) is 0 Å². The molecule has 1 aliphatic carbocycles. The normalized spacial score (nSPS) is 21.4. The van der Waals surface area contributed by atoms with Crippen molar-refractivity contribution >= 4 is 44.0 Å². The van der Waals surface area contributed by atoms with Crippen molar-refractivity contribution < 1.29 is 23.4 Å². The molecule has 41 heavy (non-hydrogen) atoms. The number of benzene rings is 1. The summed E-state index contributed by atoms with van der Waals surface area (Å²) in [6.45, 7) is 4.21. The molecule has 2 aromatic heterocycles. The second-order valence-corrected chi connectivity index (χ2v) is 13.8. The number of nitrogens with zero attached hydrogens (tertiary/aromatic N) is 4. The van der Waals surface area contributed by atoms with E-state index in [0.717, 1.165) is 17.7 Å². The van der Waals surface area contributed by atoms with Gasteiger partial charge in [0.1, 0.15) is 17.9 Å². The monoisotopic (exact) mass is 598 g/mol. The number of nitrogens with one attached hydrogen (secondary N) is 2. The summed E-state index contributed by atoms with van der Waals surface area (Å²) >= 11 is 1.37. The molecule has 1 aromatic carbocycles. The summed E-state index contributed by atoms with van der Waals surface area (Å²) in [4.78, 5) is 27.1. The van der Waals surface area contributed by atoms with Gasteiger partial charge < -0.3 is 25.3 Å². The van der Waals surface area contributed by atoms with Gasteiger partial charge >= 0.3 is 0 Å². The molecule has 218 valence electrons. The fraction of sp³-hybridized carbons (Fsp3) is 0.464. The van der Waals surface area contributed by atoms with Crippen LogP contribution in [-0.4, -0.2) is 71.4 Å². The van der Waals surface area contributed by atoms with E-state index in [1.54, 1.807) is 28.0 Å². The van der Waals surface area contributed by atoms with Crippen LogP contribution in [0.4, 0.5) is 16.8 Å². The molecule has 2 aliphatic heterocycles. The van der Waals surface area contributed by atoms with Crippen LogP contribution in [0, 0.1) is 12.8 Å². The standard InChI is InChI=1S/C28H34N6O5S2/c1-15-26(40-28(30-15)32-22-5-4-6-23(31-22)34-20(14-35)9-10-24(34)36)18-11-19-13-33(16(2)17-7-8-17)27(37)25(19)21(12-18)41(38,39)29-3/h4-6,11-12,16-17,20,24,29,35-36H,7-10,13-14H2,1-3H3,(H,30,31,32)/t16-,20-,24?/m0/s1. The van der Waals surface area contributed by atoms with Crippen LogP contribution in [0.3, 0.4) is 0 Å². The number of hydrogen-bond donors (Lipinski definition) is 4. The molecule has 3 aromatic rings. The molecule has 1 saturated heterocycles. The molecule has 1 saturated carbocycles. The number of anilines is 3. The fourth-order valence-corrected chi connectivity index (χ4v) is 7.85. The maximum absolute atomic E-state index is 13.4. The Hall–Kier alpha value is -3.10. The zero-order chi connectivity index (χ0) is 29.1. The lowest BCUT2D eigenvalue weighted by atomic mass is 10.0. The third kappa shape index (κ3) is 5.10. The first-order chi connectivity index (χ1) is 19.6. The molecule has 13 heteroatoms. The van der Waals surface area contributed by atoms with E-state index in [0.29, 0.717) is 58.9 Å². The van der Waals surface area contributed by atoms with Crippen molar-refractivity contribution in [2.24, 2.45) is 5.92 Å². The van der Waals surface area contributed by atoms with E-state index in [2.05, 4.69) is 20.0 Å². The number of aliphatic hydroxyl groups is 2. The Balaban J connectivity index is 1.32. The maximum atomic E-state index is 13.4. The van der Waals surface area contributed by atoms with Crippen molar-refractivity contribution in [3.05, 3.63) is 47.2 Å². The van der Waals surface area contributed by atoms with Crippen LogP contribution in [-0.2, 0) is 16.6 Å². The minimum Gasteiger partial charge on any atom is -0.394 e. The number of aliphatic hydroxyl groups excluding tert-OH is 2. The van der Waals surface area contributed by atoms with Crippen LogP contribution >= 0.6 is 11.3 Å². The molecule has 1 amide bonds. The molecule has 4 N–H and O–H groups in total. The van der Waals surface area contributed by atoms with Crippen molar-refractivity contribution in [3.8, 4) is 10.4 Å². The summed E-state index contributed by atoms with van der Waals surface area (Å²) in [5, 5.41) is 23.9. The largest absolute Gasteiger partial charge is 0.394 e. The SMILES string of the molecule is CNS(=O)(=O)c1cc(-c2sc(Nc3cccc(N4C(O)CC[C@H]4CO)n3)nc2C)cc2c1C(=O)N([C@@H](C)C1CC1)C2. The Morgan fingerprint density at radius 3 is 2.66 bits per heavy atom. The third-order valence-electron chi connectivity index (χ3n) is 8.33. The van der Waals surface area contributed by atoms with Crippen molar-refractivity contribution in [3.63, 3.8) is 0 Å². The smallest absolute Gasteiger partial charge is 0.256 e. The molecule has 4 heterocycles. The summed E-state index contributed by atoms with van der Waals surface area (Å²) in [5.74, 6) is 1.31. The van der Waals surface area contributed by atoms with Gasteiger partial charge in [-0.25, -0.2) is 23.1 Å². The van der Waals surface area contributed by atoms with E-state index < -0.39 is 16.3 Å². The second-order valence-electron chi connectivity index (χ2n) is 11.0. The molecule has 3 atom stereocenters. The highest BCUT2D eigenvalue weighted by molar-refractivity contribution is 7.89. The lowest BCUT2D eigenvalue weighted by Gasteiger charge is -2.27. The van der Waals surface area contributed by atoms with E-state index in [1.807, 2.05) is 26.0 Å². The molecule has 3 aliphatic rings. The number of carbonyl (C=O) groups is 1. The summed E-state index contributed by atoms with van der Waals surface area (Å²) in [6, 6.07) is 8.76. The number of aryl methyl sites for hydroxylation is 1. The fourth-order valence-electron chi connectivity index (χ4n) is 5.90. The third-order valence-corrected chi connectivity index (χ3v) is 10.9. The molecule has 0 bridgehead atoms. The van der Waals surface area contributed by atoms with Gasteiger partial charge in [-0.3, -0.25) is 4.79 Å². The molecule has 6 rings (SSSR count). The van der Waals surface area contributed by atoms with Gasteiger partial charge in [0.15, 0.2) is 5.13 Å². The van der Waals surface area contributed by atoms with Crippen LogP contribution in [0.1, 0.15) is 54.2 Å². The molecule has 0 radical (unpaired) electrons. The lowest BCUT2D eigenvalue weighted by molar-refractivity contribution is 0.0694. The molecular weight excluding hydrogens is 564 g/mol. The summed E-state index contributed by atoms with van der Waals surface area (Å²) < 4.78 is 28.6. The molecule has 11 nitrogen and oxygen atoms in total. The minimum atomic E-state index is -3.90. The van der Waals surface area contributed by atoms with E-state index in [1.165, 1.54) is 18.4 Å². The molecular formula is C28H34N6O5S2. The second kappa shape index (κ2) is 10.6. The number of hydrogen-bond acceptors (Lipinski definition) is 10. The van der Waals surface area contributed by atoms with Crippen LogP contribution in [0.25, 0.3) is 10.4 Å².